The zero-order valence-electron chi connectivity index (χ0n) is 22.0. The molecule has 7 rings (SSSR count). The van der Waals surface area contributed by atoms with Crippen LogP contribution < -0.4 is 14.3 Å². The molecule has 0 spiro atoms. The Morgan fingerprint density at radius 2 is 1.83 bits per heavy atom. The quantitative estimate of drug-likeness (QED) is 0.348. The van der Waals surface area contributed by atoms with Gasteiger partial charge in [0.15, 0.2) is 11.5 Å². The number of carbonyl (C=O) groups excluding carboxylic acids is 2. The van der Waals surface area contributed by atoms with Gasteiger partial charge >= 0.3 is 10.8 Å². The van der Waals surface area contributed by atoms with Crippen LogP contribution in [0, 0.1) is 29.6 Å². The van der Waals surface area contributed by atoms with Crippen molar-refractivity contribution in [1.29, 1.82) is 0 Å². The van der Waals surface area contributed by atoms with Crippen LogP contribution in [0.25, 0.3) is 0 Å². The minimum absolute atomic E-state index is 0.00510. The molecule has 2 amide bonds. The number of aliphatic carboxylic acids is 1. The van der Waals surface area contributed by atoms with Crippen molar-refractivity contribution in [3.63, 3.8) is 0 Å². The zero-order chi connectivity index (χ0) is 29.4. The van der Waals surface area contributed by atoms with Crippen LogP contribution in [-0.4, -0.2) is 51.7 Å². The maximum atomic E-state index is 13.4. The highest BCUT2D eigenvalue weighted by Crippen LogP contribution is 2.68. The molecule has 42 heavy (non-hydrogen) atoms. The van der Waals surface area contributed by atoms with Gasteiger partial charge in [-0.05, 0) is 54.0 Å². The van der Waals surface area contributed by atoms with Gasteiger partial charge in [-0.15, -0.1) is 11.8 Å². The van der Waals surface area contributed by atoms with Gasteiger partial charge in [0, 0.05) is 31.7 Å². The normalized spacial score (nSPS) is 28.9. The summed E-state index contributed by atoms with van der Waals surface area (Å²) in [6, 6.07) is 10.9. The summed E-state index contributed by atoms with van der Waals surface area (Å²) in [4.78, 5) is 55.2. The molecule has 0 radical (unpaired) electrons. The number of halogens is 2. The number of carboxylic acids is 1. The number of carbonyl (C=O) groups is 3. The van der Waals surface area contributed by atoms with E-state index in [0.717, 1.165) is 37.3 Å². The molecule has 1 saturated heterocycles. The molecule has 3 aromatic rings. The molecule has 3 heterocycles. The van der Waals surface area contributed by atoms with E-state index in [9.17, 15) is 24.3 Å². The molecule has 4 aliphatic rings. The SMILES string of the molecule is COc1cc([C@@H]2c3sc(=O)[nH]c3S[C@@H]3[C@H]4C[C@@H]([C@@H]5C(=O)N(CC(=O)O)C(=O)[C@@H]45)[C@H]23)ccc1OCc1ccc(Cl)cc1Cl. The number of nitrogens with zero attached hydrogens (tertiary/aromatic N) is 1. The first kappa shape index (κ1) is 27.8. The number of thioether (sulfide) groups is 1. The predicted octanol–water partition coefficient (Wildman–Crippen LogP) is 4.89. The van der Waals surface area contributed by atoms with Crippen LogP contribution in [0.3, 0.4) is 0 Å². The number of carboxylic acid groups (broad SMARTS) is 1. The molecule has 2 saturated carbocycles. The van der Waals surface area contributed by atoms with Crippen molar-refractivity contribution in [2.24, 2.45) is 29.6 Å². The molecular formula is C29H24Cl2N2O7S2. The summed E-state index contributed by atoms with van der Waals surface area (Å²) in [5, 5.41) is 11.1. The van der Waals surface area contributed by atoms with Crippen molar-refractivity contribution in [3.05, 3.63) is 72.1 Å². The zero-order valence-corrected chi connectivity index (χ0v) is 25.2. The number of ether oxygens (including phenoxy) is 2. The summed E-state index contributed by atoms with van der Waals surface area (Å²) in [5.74, 6) is -2.45. The van der Waals surface area contributed by atoms with E-state index in [4.69, 9.17) is 32.7 Å². The number of hydrogen-bond donors (Lipinski definition) is 2. The highest BCUT2D eigenvalue weighted by Gasteiger charge is 2.69. The number of hydrogen-bond acceptors (Lipinski definition) is 8. The molecule has 2 bridgehead atoms. The lowest BCUT2D eigenvalue weighted by molar-refractivity contribution is -0.149. The average Bonchev–Trinajstić information content (AvgIpc) is 3.68. The molecule has 2 aliphatic heterocycles. The fourth-order valence-electron chi connectivity index (χ4n) is 7.53. The average molecular weight is 648 g/mol. The first-order valence-electron chi connectivity index (χ1n) is 13.4. The monoisotopic (exact) mass is 646 g/mol. The van der Waals surface area contributed by atoms with Gasteiger partial charge in [-0.1, -0.05) is 46.7 Å². The Hall–Kier alpha value is -2.99. The molecule has 1 aromatic heterocycles. The lowest BCUT2D eigenvalue weighted by Gasteiger charge is -2.43. The summed E-state index contributed by atoms with van der Waals surface area (Å²) >= 11 is 15.1. The standard InChI is InChI=1S/C29H24Cl2N2O7S2/c1-39-18-6-11(3-5-17(18)40-10-12-2-4-13(30)7-16(12)31)20-21-14-8-15(24(21)41-26-25(20)42-29(38)32-26)23-22(14)27(36)33(28(23)37)9-19(34)35/h2-7,14-15,20-24H,8-10H2,1H3,(H,32,38)(H,34,35)/t14-,15+,20+,21-,22+,23+,24-/m1/s1. The Morgan fingerprint density at radius 1 is 1.07 bits per heavy atom. The van der Waals surface area contributed by atoms with Gasteiger partial charge in [-0.2, -0.15) is 0 Å². The van der Waals surface area contributed by atoms with Crippen LogP contribution in [0.2, 0.25) is 10.0 Å². The van der Waals surface area contributed by atoms with E-state index in [0.29, 0.717) is 28.0 Å². The van der Waals surface area contributed by atoms with Crippen LogP contribution in [0.4, 0.5) is 0 Å². The summed E-state index contributed by atoms with van der Waals surface area (Å²) in [5.41, 5.74) is 1.68. The molecule has 218 valence electrons. The highest BCUT2D eigenvalue weighted by atomic mass is 35.5. The second-order valence-electron chi connectivity index (χ2n) is 11.1. The maximum Gasteiger partial charge on any atom is 0.323 e. The van der Waals surface area contributed by atoms with Gasteiger partial charge in [0.05, 0.1) is 24.0 Å². The van der Waals surface area contributed by atoms with E-state index in [1.807, 2.05) is 18.2 Å². The molecule has 3 fully saturated rings. The number of aromatic amines is 1. The minimum Gasteiger partial charge on any atom is -0.493 e. The van der Waals surface area contributed by atoms with E-state index >= 15 is 0 Å². The van der Waals surface area contributed by atoms with E-state index in [1.165, 1.54) is 0 Å². The molecule has 9 nitrogen and oxygen atoms in total. The number of methoxy groups -OCH3 is 1. The third kappa shape index (κ3) is 4.27. The van der Waals surface area contributed by atoms with E-state index in [-0.39, 0.29) is 46.3 Å². The van der Waals surface area contributed by atoms with Crippen molar-refractivity contribution in [3.8, 4) is 11.5 Å². The van der Waals surface area contributed by atoms with E-state index in [1.54, 1.807) is 37.1 Å². The van der Waals surface area contributed by atoms with Crippen LogP contribution in [-0.2, 0) is 21.0 Å². The lowest BCUT2D eigenvalue weighted by atomic mass is 9.68. The van der Waals surface area contributed by atoms with Crippen molar-refractivity contribution < 1.29 is 29.0 Å². The Bertz CT molecular complexity index is 1710. The molecule has 2 aromatic carbocycles. The Balaban J connectivity index is 1.24. The summed E-state index contributed by atoms with van der Waals surface area (Å²) in [7, 11) is 1.56. The summed E-state index contributed by atoms with van der Waals surface area (Å²) in [6.45, 7) is -0.410. The number of H-pyrrole nitrogens is 1. The Labute approximate surface area is 258 Å². The largest absolute Gasteiger partial charge is 0.493 e. The van der Waals surface area contributed by atoms with E-state index < -0.39 is 30.3 Å². The van der Waals surface area contributed by atoms with Crippen LogP contribution >= 0.6 is 46.3 Å². The minimum atomic E-state index is -1.21. The smallest absolute Gasteiger partial charge is 0.323 e. The molecule has 13 heteroatoms. The highest BCUT2D eigenvalue weighted by molar-refractivity contribution is 8.00. The number of fused-ring (bicyclic) bond motifs is 9. The van der Waals surface area contributed by atoms with Crippen LogP contribution in [0.15, 0.2) is 46.2 Å². The van der Waals surface area contributed by atoms with Crippen LogP contribution in [0.1, 0.15) is 28.3 Å². The third-order valence-corrected chi connectivity index (χ3v) is 12.2. The summed E-state index contributed by atoms with van der Waals surface area (Å²) < 4.78 is 11.8. The van der Waals surface area contributed by atoms with Gasteiger partial charge < -0.3 is 19.6 Å². The molecule has 2 N–H and O–H groups in total. The molecular weight excluding hydrogens is 623 g/mol. The number of nitrogens with one attached hydrogen (secondary N) is 1. The van der Waals surface area contributed by atoms with E-state index in [2.05, 4.69) is 4.98 Å². The second-order valence-corrected chi connectivity index (χ2v) is 14.1. The maximum absolute atomic E-state index is 13.4. The Morgan fingerprint density at radius 3 is 2.55 bits per heavy atom. The lowest BCUT2D eigenvalue weighted by Crippen LogP contribution is -2.42. The van der Waals surface area contributed by atoms with Crippen molar-refractivity contribution in [2.75, 3.05) is 13.7 Å². The number of imide groups is 1. The number of rotatable bonds is 7. The molecule has 7 atom stereocenters. The molecule has 2 aliphatic carbocycles. The number of benzene rings is 2. The number of aromatic nitrogens is 1. The fraction of sp³-hybridized carbons (Fsp3) is 0.379. The first-order valence-corrected chi connectivity index (χ1v) is 15.8. The third-order valence-electron chi connectivity index (χ3n) is 9.05. The van der Waals surface area contributed by atoms with Gasteiger partial charge in [0.1, 0.15) is 13.2 Å². The fourth-order valence-corrected chi connectivity index (χ4v) is 10.9. The number of likely N-dealkylation sites (tertiary alicyclic amines) is 1. The van der Waals surface area contributed by atoms with Gasteiger partial charge in [0.25, 0.3) is 0 Å². The topological polar surface area (TPSA) is 126 Å². The molecule has 0 unspecified atom stereocenters. The van der Waals surface area contributed by atoms with Gasteiger partial charge in [0.2, 0.25) is 11.8 Å². The second kappa shape index (κ2) is 10.3. The Kier molecular flexibility index (Phi) is 6.84. The number of amides is 2. The van der Waals surface area contributed by atoms with Crippen molar-refractivity contribution >= 4 is 64.1 Å². The van der Waals surface area contributed by atoms with Crippen LogP contribution in [0.5, 0.6) is 11.5 Å². The van der Waals surface area contributed by atoms with Crippen molar-refractivity contribution in [1.82, 2.24) is 9.88 Å². The predicted molar refractivity (Wildman–Crippen MR) is 157 cm³/mol. The first-order chi connectivity index (χ1) is 20.2. The van der Waals surface area contributed by atoms with Crippen molar-refractivity contribution in [2.45, 2.75) is 29.2 Å². The van der Waals surface area contributed by atoms with Gasteiger partial charge in [-0.25, -0.2) is 0 Å². The number of thiazole rings is 1. The van der Waals surface area contributed by atoms with Gasteiger partial charge in [-0.3, -0.25) is 24.1 Å². The summed E-state index contributed by atoms with van der Waals surface area (Å²) in [6.07, 6.45) is 0.714.